The second kappa shape index (κ2) is 3.43. The Morgan fingerprint density at radius 2 is 2.12 bits per heavy atom. The minimum absolute atomic E-state index is 0.689. The lowest BCUT2D eigenvalue weighted by Gasteiger charge is -1.88. The van der Waals surface area contributed by atoms with Crippen LogP contribution in [0.1, 0.15) is 13.8 Å². The number of carbonyl (C=O) groups excluding carboxylic acids is 1. The Labute approximate surface area is 53.9 Å². The van der Waals surface area contributed by atoms with Crippen molar-refractivity contribution in [1.29, 1.82) is 0 Å². The quantitative estimate of drug-likeness (QED) is 0.403. The van der Waals surface area contributed by atoms with Crippen molar-refractivity contribution in [2.75, 3.05) is 0 Å². The largest absolute Gasteiger partial charge is 0.423 e. The van der Waals surface area contributed by atoms with Crippen molar-refractivity contribution >= 4 is 17.9 Å². The zero-order valence-electron chi connectivity index (χ0n) is 4.80. The first-order valence-electron chi connectivity index (χ1n) is 2.14. The number of ether oxygens (including phenoxy) is 1. The number of hydrogen-bond donors (Lipinski definition) is 0. The Morgan fingerprint density at radius 3 is 2.25 bits per heavy atom. The lowest BCUT2D eigenvalue weighted by molar-refractivity contribution is 0.213. The molecule has 0 spiro atoms. The maximum atomic E-state index is 9.90. The third kappa shape index (κ3) is 5.43. The molecule has 0 aromatic rings. The lowest BCUT2D eigenvalue weighted by atomic mass is 10.4. The summed E-state index contributed by atoms with van der Waals surface area (Å²) < 4.78 is 4.32. The van der Waals surface area contributed by atoms with E-state index in [1.54, 1.807) is 0 Å². The molecule has 0 aromatic heterocycles. The summed E-state index contributed by atoms with van der Waals surface area (Å²) in [6, 6.07) is 0. The van der Waals surface area contributed by atoms with Crippen LogP contribution >= 0.6 is 12.6 Å². The summed E-state index contributed by atoms with van der Waals surface area (Å²) in [5.41, 5.74) is 0.920. The first-order valence-corrected chi connectivity index (χ1v) is 2.54. The SMILES string of the molecule is CC(C)=COC(=O)[S]. The molecule has 0 saturated heterocycles. The third-order valence-electron chi connectivity index (χ3n) is 0.391. The van der Waals surface area contributed by atoms with Crippen LogP contribution in [-0.2, 0) is 4.74 Å². The minimum Gasteiger partial charge on any atom is -0.423 e. The van der Waals surface area contributed by atoms with Crippen LogP contribution in [0.4, 0.5) is 4.79 Å². The summed E-state index contributed by atoms with van der Waals surface area (Å²) in [5.74, 6) is 0. The van der Waals surface area contributed by atoms with E-state index < -0.39 is 5.30 Å². The second-order valence-electron chi connectivity index (χ2n) is 1.56. The van der Waals surface area contributed by atoms with Crippen LogP contribution in [0.3, 0.4) is 0 Å². The summed E-state index contributed by atoms with van der Waals surface area (Å²) in [6.07, 6.45) is 1.33. The van der Waals surface area contributed by atoms with Crippen molar-refractivity contribution in [1.82, 2.24) is 0 Å². The Kier molecular flexibility index (Phi) is 3.19. The van der Waals surface area contributed by atoms with E-state index in [4.69, 9.17) is 0 Å². The van der Waals surface area contributed by atoms with Gasteiger partial charge in [0.1, 0.15) is 0 Å². The van der Waals surface area contributed by atoms with Gasteiger partial charge in [-0.15, -0.1) is 0 Å². The van der Waals surface area contributed by atoms with E-state index in [9.17, 15) is 4.79 Å². The molecule has 3 heteroatoms. The molecule has 0 heterocycles. The summed E-state index contributed by atoms with van der Waals surface area (Å²) in [5, 5.41) is -0.689. The zero-order valence-corrected chi connectivity index (χ0v) is 5.62. The van der Waals surface area contributed by atoms with E-state index in [0.29, 0.717) is 0 Å². The van der Waals surface area contributed by atoms with Crippen molar-refractivity contribution in [3.63, 3.8) is 0 Å². The van der Waals surface area contributed by atoms with Gasteiger partial charge in [0.05, 0.1) is 6.26 Å². The van der Waals surface area contributed by atoms with Crippen molar-refractivity contribution in [3.05, 3.63) is 11.8 Å². The topological polar surface area (TPSA) is 26.3 Å². The lowest BCUT2D eigenvalue weighted by Crippen LogP contribution is -1.83. The molecule has 0 unspecified atom stereocenters. The van der Waals surface area contributed by atoms with Crippen molar-refractivity contribution in [2.45, 2.75) is 13.8 Å². The number of rotatable bonds is 1. The van der Waals surface area contributed by atoms with Gasteiger partial charge in [-0.1, -0.05) is 0 Å². The number of hydrogen-bond acceptors (Lipinski definition) is 2. The molecule has 0 rings (SSSR count). The highest BCUT2D eigenvalue weighted by Crippen LogP contribution is 1.92. The monoisotopic (exact) mass is 131 g/mol. The Hall–Kier alpha value is -0.570. The summed E-state index contributed by atoms with van der Waals surface area (Å²) >= 11 is 4.09. The molecule has 0 bridgehead atoms. The molecule has 0 aromatic carbocycles. The minimum atomic E-state index is -0.689. The molecule has 0 aliphatic heterocycles. The van der Waals surface area contributed by atoms with Crippen LogP contribution in [0.25, 0.3) is 0 Å². The molecular formula is C5H7O2S. The number of allylic oxidation sites excluding steroid dienone is 1. The Balaban J connectivity index is 3.45. The van der Waals surface area contributed by atoms with Crippen molar-refractivity contribution in [2.24, 2.45) is 0 Å². The van der Waals surface area contributed by atoms with Gasteiger partial charge in [-0.05, 0) is 19.4 Å². The van der Waals surface area contributed by atoms with Gasteiger partial charge < -0.3 is 4.74 Å². The maximum absolute atomic E-state index is 9.90. The highest BCUT2D eigenvalue weighted by Gasteiger charge is 1.87. The fourth-order valence-corrected chi connectivity index (χ4v) is 0.214. The van der Waals surface area contributed by atoms with Crippen molar-refractivity contribution < 1.29 is 9.53 Å². The Morgan fingerprint density at radius 1 is 1.62 bits per heavy atom. The van der Waals surface area contributed by atoms with E-state index in [1.807, 2.05) is 13.8 Å². The third-order valence-corrected chi connectivity index (χ3v) is 0.487. The van der Waals surface area contributed by atoms with Gasteiger partial charge in [-0.25, -0.2) is 4.79 Å². The van der Waals surface area contributed by atoms with E-state index in [0.717, 1.165) is 5.57 Å². The second-order valence-corrected chi connectivity index (χ2v) is 1.90. The van der Waals surface area contributed by atoms with Gasteiger partial charge in [0.25, 0.3) is 0 Å². The Bertz CT molecular complexity index is 114. The van der Waals surface area contributed by atoms with E-state index >= 15 is 0 Å². The summed E-state index contributed by atoms with van der Waals surface area (Å²) in [7, 11) is 0. The molecule has 2 nitrogen and oxygen atoms in total. The van der Waals surface area contributed by atoms with Crippen LogP contribution in [-0.4, -0.2) is 5.30 Å². The molecule has 0 saturated carbocycles. The highest BCUT2D eigenvalue weighted by atomic mass is 32.1. The zero-order chi connectivity index (χ0) is 6.57. The summed E-state index contributed by atoms with van der Waals surface area (Å²) in [4.78, 5) is 9.90. The molecule has 0 aliphatic carbocycles. The van der Waals surface area contributed by atoms with Gasteiger partial charge in [0.15, 0.2) is 0 Å². The van der Waals surface area contributed by atoms with Gasteiger partial charge in [0, 0.05) is 12.6 Å². The standard InChI is InChI=1S/C5H7O2S/c1-4(2)3-7-5(6)8/h3H,1-2H3. The molecule has 0 aliphatic rings. The molecule has 1 radical (unpaired) electrons. The van der Waals surface area contributed by atoms with Crippen LogP contribution in [0.2, 0.25) is 0 Å². The smallest absolute Gasteiger partial charge is 0.404 e. The first kappa shape index (κ1) is 7.43. The molecule has 0 fully saturated rings. The molecule has 8 heavy (non-hydrogen) atoms. The summed E-state index contributed by atoms with van der Waals surface area (Å²) in [6.45, 7) is 3.64. The number of carbonyl (C=O) groups is 1. The van der Waals surface area contributed by atoms with Gasteiger partial charge >= 0.3 is 5.30 Å². The van der Waals surface area contributed by atoms with Crippen LogP contribution in [0.15, 0.2) is 11.8 Å². The van der Waals surface area contributed by atoms with Crippen LogP contribution in [0, 0.1) is 0 Å². The van der Waals surface area contributed by atoms with Crippen LogP contribution < -0.4 is 0 Å². The maximum Gasteiger partial charge on any atom is 0.404 e. The van der Waals surface area contributed by atoms with E-state index in [1.165, 1.54) is 6.26 Å². The van der Waals surface area contributed by atoms with Gasteiger partial charge in [-0.3, -0.25) is 0 Å². The first-order chi connectivity index (χ1) is 3.63. The molecule has 0 amide bonds. The van der Waals surface area contributed by atoms with Crippen LogP contribution in [0.5, 0.6) is 0 Å². The molecular weight excluding hydrogens is 124 g/mol. The van der Waals surface area contributed by atoms with Crippen molar-refractivity contribution in [3.8, 4) is 0 Å². The van der Waals surface area contributed by atoms with E-state index in [-0.39, 0.29) is 0 Å². The fourth-order valence-electron chi connectivity index (χ4n) is 0.166. The van der Waals surface area contributed by atoms with E-state index in [2.05, 4.69) is 17.4 Å². The highest BCUT2D eigenvalue weighted by molar-refractivity contribution is 7.96. The average Bonchev–Trinajstić information content (AvgIpc) is 1.61. The predicted octanol–water partition coefficient (Wildman–Crippen LogP) is 2.24. The predicted molar refractivity (Wildman–Crippen MR) is 33.5 cm³/mol. The normalized spacial score (nSPS) is 7.75. The molecule has 0 atom stereocenters. The molecule has 0 N–H and O–H groups in total. The average molecular weight is 131 g/mol. The molecule has 45 valence electrons. The van der Waals surface area contributed by atoms with Gasteiger partial charge in [0.2, 0.25) is 0 Å². The van der Waals surface area contributed by atoms with Gasteiger partial charge in [-0.2, -0.15) is 0 Å². The fraction of sp³-hybridized carbons (Fsp3) is 0.400.